The lowest BCUT2D eigenvalue weighted by molar-refractivity contribution is -0.870. The average Bonchev–Trinajstić information content (AvgIpc) is 3.68. The summed E-state index contributed by atoms with van der Waals surface area (Å²) < 4.78 is 34.8. The standard InChI is InChI=1S/C78H142NO8P/c1-6-8-10-12-14-16-18-20-22-24-26-28-30-32-34-36-38-39-41-42-44-46-48-50-52-54-56-58-60-62-64-66-68-70-77(80)84-74-76(75-86-88(82,83)85-73-72-79(3,4)5)87-78(81)71-69-67-65-63-61-59-57-55-53-51-49-47-45-43-40-37-35-33-31-29-27-25-23-21-19-17-15-13-11-9-7-2/h9,11,15,17,21,23,27,29,33,35,40,43,47,49,76H,6-8,10,12-14,16,18-20,22,24-26,28,30-32,34,36-39,41-42,44-46,48,50-75H2,1-5H3/p+1/b11-9-,17-15-,23-21-,29-27-,35-33-,43-40-,49-47-. The highest BCUT2D eigenvalue weighted by Gasteiger charge is 2.27. The third-order valence-corrected chi connectivity index (χ3v) is 17.4. The van der Waals surface area contributed by atoms with Crippen LogP contribution in [0.5, 0.6) is 0 Å². The van der Waals surface area contributed by atoms with Gasteiger partial charge in [0.15, 0.2) is 6.10 Å². The molecule has 0 radical (unpaired) electrons. The maximum atomic E-state index is 12.9. The van der Waals surface area contributed by atoms with Crippen molar-refractivity contribution in [2.24, 2.45) is 0 Å². The number of hydrogen-bond donors (Lipinski definition) is 1. The van der Waals surface area contributed by atoms with Gasteiger partial charge in [-0.05, 0) is 70.6 Å². The summed E-state index contributed by atoms with van der Waals surface area (Å²) in [7, 11) is 1.48. The largest absolute Gasteiger partial charge is 0.472 e. The average molecular weight is 1250 g/mol. The lowest BCUT2D eigenvalue weighted by atomic mass is 10.0. The third-order valence-electron chi connectivity index (χ3n) is 16.4. The second-order valence-corrected chi connectivity index (χ2v) is 27.8. The van der Waals surface area contributed by atoms with Crippen molar-refractivity contribution >= 4 is 19.8 Å². The first kappa shape index (κ1) is 85.2. The number of phosphoric ester groups is 1. The molecule has 0 aromatic heterocycles. The van der Waals surface area contributed by atoms with E-state index in [2.05, 4.69) is 98.9 Å². The second kappa shape index (κ2) is 68.6. The Morgan fingerprint density at radius 2 is 0.648 bits per heavy atom. The van der Waals surface area contributed by atoms with E-state index in [4.69, 9.17) is 18.5 Å². The summed E-state index contributed by atoms with van der Waals surface area (Å²) in [5, 5.41) is 0. The lowest BCUT2D eigenvalue weighted by Crippen LogP contribution is -2.37. The quantitative estimate of drug-likeness (QED) is 0.0211. The molecule has 0 aromatic carbocycles. The number of esters is 2. The molecule has 10 heteroatoms. The SMILES string of the molecule is CC/C=C\C/C=C\C/C=C\C/C=C\C/C=C\C/C=C\C/C=C\CCCCCCCCCCCC(=O)OC(COC(=O)CCCCCCCCCCCCCCCCCCCCCCCCCCCCCCCCCCC)COP(=O)(O)OCC[N+](C)(C)C. The van der Waals surface area contributed by atoms with E-state index in [0.717, 1.165) is 89.9 Å². The molecule has 0 bridgehead atoms. The van der Waals surface area contributed by atoms with Crippen molar-refractivity contribution in [2.75, 3.05) is 47.5 Å². The van der Waals surface area contributed by atoms with E-state index in [-0.39, 0.29) is 32.0 Å². The van der Waals surface area contributed by atoms with Gasteiger partial charge in [-0.3, -0.25) is 18.6 Å². The summed E-state index contributed by atoms with van der Waals surface area (Å²) in [6.45, 7) is 4.36. The summed E-state index contributed by atoms with van der Waals surface area (Å²) in [5.74, 6) is -0.793. The first-order valence-electron chi connectivity index (χ1n) is 37.3. The van der Waals surface area contributed by atoms with Crippen LogP contribution in [-0.4, -0.2) is 74.9 Å². The van der Waals surface area contributed by atoms with Crippen molar-refractivity contribution < 1.29 is 42.1 Å². The fraction of sp³-hybridized carbons (Fsp3) is 0.795. The summed E-state index contributed by atoms with van der Waals surface area (Å²) in [6, 6.07) is 0. The number of rotatable bonds is 69. The van der Waals surface area contributed by atoms with Crippen LogP contribution < -0.4 is 0 Å². The van der Waals surface area contributed by atoms with Gasteiger partial charge < -0.3 is 18.9 Å². The molecule has 0 saturated heterocycles. The Labute approximate surface area is 545 Å². The molecule has 2 unspecified atom stereocenters. The maximum Gasteiger partial charge on any atom is 0.472 e. The zero-order valence-corrected chi connectivity index (χ0v) is 59.4. The molecule has 0 fully saturated rings. The monoisotopic (exact) mass is 1250 g/mol. The van der Waals surface area contributed by atoms with Gasteiger partial charge in [-0.25, -0.2) is 4.57 Å². The zero-order valence-electron chi connectivity index (χ0n) is 58.5. The van der Waals surface area contributed by atoms with Crippen LogP contribution >= 0.6 is 7.82 Å². The molecule has 0 aliphatic heterocycles. The Morgan fingerprint density at radius 3 is 0.966 bits per heavy atom. The van der Waals surface area contributed by atoms with Gasteiger partial charge in [-0.15, -0.1) is 0 Å². The Hall–Kier alpha value is -2.81. The number of allylic oxidation sites excluding steroid dienone is 14. The lowest BCUT2D eigenvalue weighted by Gasteiger charge is -2.24. The molecule has 0 aliphatic carbocycles. The van der Waals surface area contributed by atoms with Gasteiger partial charge in [0.1, 0.15) is 19.8 Å². The number of nitrogens with zero attached hydrogens (tertiary/aromatic N) is 1. The Kier molecular flexibility index (Phi) is 66.4. The minimum absolute atomic E-state index is 0.0287. The first-order valence-corrected chi connectivity index (χ1v) is 38.8. The van der Waals surface area contributed by atoms with Crippen molar-refractivity contribution in [3.63, 3.8) is 0 Å². The number of phosphoric acid groups is 1. The summed E-state index contributed by atoms with van der Waals surface area (Å²) in [4.78, 5) is 35.9. The zero-order chi connectivity index (χ0) is 64.1. The van der Waals surface area contributed by atoms with Gasteiger partial charge in [0.05, 0.1) is 27.7 Å². The van der Waals surface area contributed by atoms with Crippen LogP contribution in [-0.2, 0) is 32.7 Å². The second-order valence-electron chi connectivity index (χ2n) is 26.3. The minimum atomic E-state index is -4.40. The Morgan fingerprint density at radius 1 is 0.364 bits per heavy atom. The highest BCUT2D eigenvalue weighted by atomic mass is 31.2. The van der Waals surface area contributed by atoms with Crippen molar-refractivity contribution in [3.05, 3.63) is 85.1 Å². The van der Waals surface area contributed by atoms with Gasteiger partial charge in [-0.1, -0.05) is 349 Å². The molecule has 0 spiro atoms. The van der Waals surface area contributed by atoms with Crippen molar-refractivity contribution in [3.8, 4) is 0 Å². The summed E-state index contributed by atoms with van der Waals surface area (Å²) in [5.41, 5.74) is 0. The van der Waals surface area contributed by atoms with Crippen molar-refractivity contribution in [1.82, 2.24) is 0 Å². The van der Waals surface area contributed by atoms with Gasteiger partial charge in [0.2, 0.25) is 0 Å². The van der Waals surface area contributed by atoms with E-state index >= 15 is 0 Å². The number of carbonyl (C=O) groups is 2. The molecule has 0 amide bonds. The maximum absolute atomic E-state index is 12.9. The van der Waals surface area contributed by atoms with E-state index < -0.39 is 26.5 Å². The van der Waals surface area contributed by atoms with Gasteiger partial charge >= 0.3 is 19.8 Å². The molecule has 88 heavy (non-hydrogen) atoms. The normalized spacial score (nSPS) is 13.6. The van der Waals surface area contributed by atoms with Gasteiger partial charge in [0, 0.05) is 12.8 Å². The Bertz CT molecular complexity index is 1760. The molecular weight excluding hydrogens is 1110 g/mol. The molecular formula is C78H143NO8P+. The van der Waals surface area contributed by atoms with Crippen LogP contribution in [0.1, 0.15) is 348 Å². The smallest absolute Gasteiger partial charge is 0.462 e. The third kappa shape index (κ3) is 72.3. The van der Waals surface area contributed by atoms with Crippen LogP contribution in [0.2, 0.25) is 0 Å². The molecule has 0 rings (SSSR count). The van der Waals surface area contributed by atoms with Gasteiger partial charge in [-0.2, -0.15) is 0 Å². The number of quaternary nitrogens is 1. The number of likely N-dealkylation sites (N-methyl/N-ethyl adjacent to an activating group) is 1. The van der Waals surface area contributed by atoms with E-state index in [1.807, 2.05) is 21.1 Å². The van der Waals surface area contributed by atoms with E-state index in [1.54, 1.807) is 0 Å². The van der Waals surface area contributed by atoms with Crippen LogP contribution in [0.3, 0.4) is 0 Å². The predicted octanol–water partition coefficient (Wildman–Crippen LogP) is 24.5. The molecule has 9 nitrogen and oxygen atoms in total. The minimum Gasteiger partial charge on any atom is -0.462 e. The Balaban J connectivity index is 4.01. The van der Waals surface area contributed by atoms with Crippen LogP contribution in [0, 0.1) is 0 Å². The first-order chi connectivity index (χ1) is 43.0. The topological polar surface area (TPSA) is 108 Å². The molecule has 0 aromatic rings. The van der Waals surface area contributed by atoms with Crippen LogP contribution in [0.25, 0.3) is 0 Å². The van der Waals surface area contributed by atoms with E-state index in [1.165, 1.54) is 225 Å². The molecule has 0 saturated carbocycles. The van der Waals surface area contributed by atoms with Gasteiger partial charge in [0.25, 0.3) is 0 Å². The van der Waals surface area contributed by atoms with Crippen LogP contribution in [0.15, 0.2) is 85.1 Å². The van der Waals surface area contributed by atoms with Crippen molar-refractivity contribution in [2.45, 2.75) is 354 Å². The summed E-state index contributed by atoms with van der Waals surface area (Å²) >= 11 is 0. The molecule has 0 aliphatic rings. The predicted molar refractivity (Wildman–Crippen MR) is 381 cm³/mol. The fourth-order valence-electron chi connectivity index (χ4n) is 10.8. The highest BCUT2D eigenvalue weighted by Crippen LogP contribution is 2.43. The van der Waals surface area contributed by atoms with E-state index in [0.29, 0.717) is 17.4 Å². The molecule has 1 N–H and O–H groups in total. The molecule has 0 heterocycles. The number of hydrogen-bond acceptors (Lipinski definition) is 7. The van der Waals surface area contributed by atoms with E-state index in [9.17, 15) is 19.0 Å². The van der Waals surface area contributed by atoms with Crippen molar-refractivity contribution in [1.29, 1.82) is 0 Å². The number of carbonyl (C=O) groups excluding carboxylic acids is 2. The highest BCUT2D eigenvalue weighted by molar-refractivity contribution is 7.47. The number of unbranched alkanes of at least 4 members (excludes halogenated alkanes) is 41. The molecule has 2 atom stereocenters. The van der Waals surface area contributed by atoms with Crippen LogP contribution in [0.4, 0.5) is 0 Å². The fourth-order valence-corrected chi connectivity index (χ4v) is 11.5. The summed E-state index contributed by atoms with van der Waals surface area (Å²) in [6.07, 6.45) is 94.2. The molecule has 512 valence electrons. The number of ether oxygens (including phenoxy) is 2.